The van der Waals surface area contributed by atoms with Gasteiger partial charge in [-0.05, 0) is 44.0 Å². The van der Waals surface area contributed by atoms with Gasteiger partial charge in [-0.25, -0.2) is 4.79 Å². The Morgan fingerprint density at radius 2 is 1.82 bits per heavy atom. The lowest BCUT2D eigenvalue weighted by Gasteiger charge is -2.08. The second kappa shape index (κ2) is 4.51. The fraction of sp³-hybridized carbons (Fsp3) is 0.231. The van der Waals surface area contributed by atoms with Crippen molar-refractivity contribution in [3.63, 3.8) is 0 Å². The molecule has 1 heterocycles. The topological polar surface area (TPSA) is 81.7 Å². The van der Waals surface area contributed by atoms with Gasteiger partial charge in [-0.15, -0.1) is 0 Å². The van der Waals surface area contributed by atoms with Crippen LogP contribution in [0.25, 0.3) is 10.9 Å². The van der Waals surface area contributed by atoms with E-state index in [2.05, 4.69) is 4.98 Å². The zero-order valence-electron chi connectivity index (χ0n) is 10.0. The fourth-order valence-corrected chi connectivity index (χ4v) is 2.06. The van der Waals surface area contributed by atoms with Gasteiger partial charge in [0.2, 0.25) is 0 Å². The van der Waals surface area contributed by atoms with Crippen LogP contribution < -0.4 is 0 Å². The van der Waals surface area contributed by atoms with Gasteiger partial charge in [0.05, 0.1) is 11.1 Å². The van der Waals surface area contributed by atoms with Crippen LogP contribution in [0.3, 0.4) is 0 Å². The van der Waals surface area contributed by atoms with Crippen molar-refractivity contribution in [3.8, 4) is 0 Å². The highest BCUT2D eigenvalue weighted by atomic mass is 16.4. The summed E-state index contributed by atoms with van der Waals surface area (Å²) < 4.78 is 0. The van der Waals surface area contributed by atoms with Crippen LogP contribution in [0.2, 0.25) is 0 Å². The molecule has 0 aliphatic rings. The molecule has 1 aromatic heterocycles. The van der Waals surface area contributed by atoms with Gasteiger partial charge in [-0.2, -0.15) is 0 Å². The average molecular weight is 233 g/mol. The Bertz CT molecular complexity index is 585. The molecule has 0 radical (unpaired) electrons. The quantitative estimate of drug-likeness (QED) is 0.818. The van der Waals surface area contributed by atoms with Crippen molar-refractivity contribution in [2.45, 2.75) is 20.8 Å². The number of hydrogen-bond donors (Lipinski definition) is 1. The molecule has 0 bridgehead atoms. The van der Waals surface area contributed by atoms with E-state index in [0.717, 1.165) is 27.7 Å². The number of aryl methyl sites for hydroxylation is 3. The van der Waals surface area contributed by atoms with E-state index in [1.165, 1.54) is 0 Å². The first-order valence-electron chi connectivity index (χ1n) is 5.11. The summed E-state index contributed by atoms with van der Waals surface area (Å²) in [6, 6.07) is 5.51. The standard InChI is InChI=1S/C13H13NO2.H2O/c1-7-4-8(2)12-10(13(15)16)6-9(3)14-11(12)5-7;/h4-6H,1-3H3,(H,15,16);1H2. The lowest BCUT2D eigenvalue weighted by atomic mass is 10.0. The van der Waals surface area contributed by atoms with Gasteiger partial charge in [-0.1, -0.05) is 6.07 Å². The minimum atomic E-state index is -0.901. The lowest BCUT2D eigenvalue weighted by Crippen LogP contribution is -2.01. The first-order chi connectivity index (χ1) is 7.49. The van der Waals surface area contributed by atoms with Crippen molar-refractivity contribution in [1.82, 2.24) is 4.98 Å². The number of pyridine rings is 1. The second-order valence-corrected chi connectivity index (χ2v) is 4.09. The number of hydrogen-bond acceptors (Lipinski definition) is 2. The van der Waals surface area contributed by atoms with Gasteiger partial charge in [-0.3, -0.25) is 4.98 Å². The summed E-state index contributed by atoms with van der Waals surface area (Å²) in [4.78, 5) is 15.6. The van der Waals surface area contributed by atoms with Gasteiger partial charge in [0, 0.05) is 11.1 Å². The van der Waals surface area contributed by atoms with E-state index in [4.69, 9.17) is 0 Å². The van der Waals surface area contributed by atoms with Gasteiger partial charge in [0.1, 0.15) is 0 Å². The Morgan fingerprint density at radius 3 is 2.41 bits per heavy atom. The maximum atomic E-state index is 11.2. The van der Waals surface area contributed by atoms with Crippen LogP contribution in [0.15, 0.2) is 18.2 Å². The Labute approximate surface area is 99.2 Å². The average Bonchev–Trinajstić information content (AvgIpc) is 2.14. The zero-order valence-corrected chi connectivity index (χ0v) is 10.0. The first-order valence-corrected chi connectivity index (χ1v) is 5.11. The molecule has 0 unspecified atom stereocenters. The molecule has 0 spiro atoms. The number of benzene rings is 1. The summed E-state index contributed by atoms with van der Waals surface area (Å²) in [5, 5.41) is 9.91. The first kappa shape index (κ1) is 13.1. The molecule has 1 aromatic carbocycles. The Balaban J connectivity index is 0.00000144. The Hall–Kier alpha value is -1.94. The number of aromatic nitrogens is 1. The molecule has 0 saturated carbocycles. The van der Waals surface area contributed by atoms with Gasteiger partial charge >= 0.3 is 5.97 Å². The molecule has 0 aliphatic heterocycles. The maximum Gasteiger partial charge on any atom is 0.336 e. The number of nitrogens with zero attached hydrogens (tertiary/aromatic N) is 1. The summed E-state index contributed by atoms with van der Waals surface area (Å²) in [6.07, 6.45) is 0. The molecule has 2 rings (SSSR count). The molecule has 90 valence electrons. The number of aromatic carboxylic acids is 1. The zero-order chi connectivity index (χ0) is 11.9. The molecule has 3 N–H and O–H groups in total. The van der Waals surface area contributed by atoms with Crippen molar-refractivity contribution in [1.29, 1.82) is 0 Å². The number of rotatable bonds is 1. The highest BCUT2D eigenvalue weighted by Gasteiger charge is 2.12. The predicted octanol–water partition coefficient (Wildman–Crippen LogP) is 2.03. The van der Waals surface area contributed by atoms with Crippen LogP contribution in [-0.2, 0) is 0 Å². The smallest absolute Gasteiger partial charge is 0.336 e. The van der Waals surface area contributed by atoms with E-state index in [1.807, 2.05) is 32.9 Å². The van der Waals surface area contributed by atoms with E-state index >= 15 is 0 Å². The minimum absolute atomic E-state index is 0. The van der Waals surface area contributed by atoms with Crippen LogP contribution in [0.5, 0.6) is 0 Å². The highest BCUT2D eigenvalue weighted by Crippen LogP contribution is 2.23. The summed E-state index contributed by atoms with van der Waals surface area (Å²) >= 11 is 0. The minimum Gasteiger partial charge on any atom is -0.478 e. The SMILES string of the molecule is Cc1cc(C)c2c(C(=O)O)cc(C)nc2c1.O. The van der Waals surface area contributed by atoms with Gasteiger partial charge in [0.15, 0.2) is 0 Å². The number of carboxylic acids is 1. The van der Waals surface area contributed by atoms with Crippen molar-refractivity contribution >= 4 is 16.9 Å². The number of fused-ring (bicyclic) bond motifs is 1. The molecular weight excluding hydrogens is 218 g/mol. The third-order valence-electron chi connectivity index (χ3n) is 2.61. The normalized spacial score (nSPS) is 10.1. The highest BCUT2D eigenvalue weighted by molar-refractivity contribution is 6.04. The summed E-state index contributed by atoms with van der Waals surface area (Å²) in [7, 11) is 0. The molecule has 17 heavy (non-hydrogen) atoms. The third kappa shape index (κ3) is 2.26. The van der Waals surface area contributed by atoms with E-state index < -0.39 is 5.97 Å². The van der Waals surface area contributed by atoms with Crippen molar-refractivity contribution in [2.24, 2.45) is 0 Å². The van der Waals surface area contributed by atoms with Crippen LogP contribution >= 0.6 is 0 Å². The van der Waals surface area contributed by atoms with E-state index in [9.17, 15) is 9.90 Å². The maximum absolute atomic E-state index is 11.2. The largest absolute Gasteiger partial charge is 0.478 e. The van der Waals surface area contributed by atoms with Crippen molar-refractivity contribution < 1.29 is 15.4 Å². The van der Waals surface area contributed by atoms with Gasteiger partial charge in [0.25, 0.3) is 0 Å². The van der Waals surface area contributed by atoms with Crippen molar-refractivity contribution in [2.75, 3.05) is 0 Å². The molecule has 2 aromatic rings. The molecular formula is C13H15NO3. The molecule has 0 amide bonds. The number of carboxylic acid groups (broad SMARTS) is 1. The number of carbonyl (C=O) groups is 1. The molecule has 4 nitrogen and oxygen atoms in total. The summed E-state index contributed by atoms with van der Waals surface area (Å²) in [5.41, 5.74) is 3.88. The van der Waals surface area contributed by atoms with E-state index in [0.29, 0.717) is 5.56 Å². The van der Waals surface area contributed by atoms with Gasteiger partial charge < -0.3 is 10.6 Å². The summed E-state index contributed by atoms with van der Waals surface area (Å²) in [6.45, 7) is 5.71. The lowest BCUT2D eigenvalue weighted by molar-refractivity contribution is 0.0698. The van der Waals surface area contributed by atoms with Crippen LogP contribution in [0, 0.1) is 20.8 Å². The Morgan fingerprint density at radius 1 is 1.18 bits per heavy atom. The van der Waals surface area contributed by atoms with Crippen molar-refractivity contribution in [3.05, 3.63) is 40.6 Å². The fourth-order valence-electron chi connectivity index (χ4n) is 2.06. The van der Waals surface area contributed by atoms with E-state index in [-0.39, 0.29) is 5.48 Å². The molecule has 0 atom stereocenters. The Kier molecular flexibility index (Phi) is 3.48. The molecule has 0 aliphatic carbocycles. The third-order valence-corrected chi connectivity index (χ3v) is 2.61. The second-order valence-electron chi connectivity index (χ2n) is 4.09. The van der Waals surface area contributed by atoms with Crippen LogP contribution in [-0.4, -0.2) is 21.5 Å². The molecule has 0 saturated heterocycles. The van der Waals surface area contributed by atoms with E-state index in [1.54, 1.807) is 6.07 Å². The molecule has 0 fully saturated rings. The van der Waals surface area contributed by atoms with Crippen LogP contribution in [0.1, 0.15) is 27.2 Å². The predicted molar refractivity (Wildman–Crippen MR) is 66.5 cm³/mol. The monoisotopic (exact) mass is 233 g/mol. The van der Waals surface area contributed by atoms with Crippen LogP contribution in [0.4, 0.5) is 0 Å². The molecule has 4 heteroatoms. The summed E-state index contributed by atoms with van der Waals surface area (Å²) in [5.74, 6) is -0.901.